The van der Waals surface area contributed by atoms with Gasteiger partial charge in [0.2, 0.25) is 0 Å². The summed E-state index contributed by atoms with van der Waals surface area (Å²) in [5.74, 6) is 0.976. The smallest absolute Gasteiger partial charge is 0.129 e. The van der Waals surface area contributed by atoms with Crippen LogP contribution in [0.15, 0.2) is 48.8 Å². The molecule has 4 nitrogen and oxygen atoms in total. The molecule has 0 radical (unpaired) electrons. The first kappa shape index (κ1) is 12.7. The second kappa shape index (κ2) is 5.74. The molecule has 0 aliphatic rings. The molecule has 3 aromatic rings. The van der Waals surface area contributed by atoms with Crippen molar-refractivity contribution in [3.05, 3.63) is 54.4 Å². The third-order valence-electron chi connectivity index (χ3n) is 3.33. The number of hydrogen-bond donors (Lipinski definition) is 1. The second-order valence-corrected chi connectivity index (χ2v) is 4.90. The van der Waals surface area contributed by atoms with Gasteiger partial charge in [0, 0.05) is 30.9 Å². The van der Waals surface area contributed by atoms with E-state index in [-0.39, 0.29) is 0 Å². The maximum atomic E-state index is 4.68. The van der Waals surface area contributed by atoms with Gasteiger partial charge in [-0.1, -0.05) is 18.2 Å². The molecule has 0 atom stereocenters. The Hall–Kier alpha value is -2.36. The van der Waals surface area contributed by atoms with Gasteiger partial charge in [0.05, 0.1) is 5.52 Å². The Bertz CT molecular complexity index is 689. The first-order valence-electron chi connectivity index (χ1n) is 6.90. The molecule has 0 bridgehead atoms. The Labute approximate surface area is 118 Å². The van der Waals surface area contributed by atoms with E-state index < -0.39 is 0 Å². The number of anilines is 1. The van der Waals surface area contributed by atoms with Crippen molar-refractivity contribution in [1.29, 1.82) is 0 Å². The van der Waals surface area contributed by atoms with Crippen LogP contribution >= 0.6 is 0 Å². The topological polar surface area (TPSA) is 42.7 Å². The highest BCUT2D eigenvalue weighted by Gasteiger charge is 2.02. The van der Waals surface area contributed by atoms with E-state index in [1.165, 1.54) is 10.9 Å². The van der Waals surface area contributed by atoms with Crippen LogP contribution in [0.5, 0.6) is 0 Å². The van der Waals surface area contributed by atoms with Crippen molar-refractivity contribution >= 4 is 16.7 Å². The summed E-state index contributed by atoms with van der Waals surface area (Å²) in [5.41, 5.74) is 2.22. The highest BCUT2D eigenvalue weighted by Crippen LogP contribution is 2.19. The lowest BCUT2D eigenvalue weighted by Crippen LogP contribution is -2.09. The van der Waals surface area contributed by atoms with Crippen LogP contribution in [0.2, 0.25) is 0 Å². The van der Waals surface area contributed by atoms with Crippen molar-refractivity contribution in [3.63, 3.8) is 0 Å². The Balaban J connectivity index is 1.63. The summed E-state index contributed by atoms with van der Waals surface area (Å²) < 4.78 is 1.95. The van der Waals surface area contributed by atoms with Gasteiger partial charge in [-0.25, -0.2) is 4.98 Å². The molecule has 0 fully saturated rings. The molecule has 0 saturated carbocycles. The first-order chi connectivity index (χ1) is 9.83. The van der Waals surface area contributed by atoms with E-state index in [0.29, 0.717) is 0 Å². The number of para-hydroxylation sites is 1. The number of rotatable bonds is 5. The molecule has 0 spiro atoms. The first-order valence-corrected chi connectivity index (χ1v) is 6.90. The van der Waals surface area contributed by atoms with E-state index in [2.05, 4.69) is 34.5 Å². The third-order valence-corrected chi connectivity index (χ3v) is 3.33. The lowest BCUT2D eigenvalue weighted by atomic mass is 10.1. The van der Waals surface area contributed by atoms with Crippen molar-refractivity contribution < 1.29 is 0 Å². The predicted molar refractivity (Wildman–Crippen MR) is 81.8 cm³/mol. The fourth-order valence-corrected chi connectivity index (χ4v) is 2.28. The number of nitrogens with zero attached hydrogens (tertiary/aromatic N) is 3. The third kappa shape index (κ3) is 2.79. The summed E-state index contributed by atoms with van der Waals surface area (Å²) in [6, 6.07) is 12.3. The van der Waals surface area contributed by atoms with Gasteiger partial charge in [-0.15, -0.1) is 0 Å². The van der Waals surface area contributed by atoms with Crippen LogP contribution < -0.4 is 5.32 Å². The van der Waals surface area contributed by atoms with Crippen molar-refractivity contribution in [3.8, 4) is 0 Å². The fourth-order valence-electron chi connectivity index (χ4n) is 2.28. The second-order valence-electron chi connectivity index (χ2n) is 4.90. The minimum atomic E-state index is 0.895. The Morgan fingerprint density at radius 2 is 2.10 bits per heavy atom. The monoisotopic (exact) mass is 266 g/mol. The molecule has 0 unspecified atom stereocenters. The van der Waals surface area contributed by atoms with Crippen LogP contribution in [-0.4, -0.2) is 21.3 Å². The molecule has 3 rings (SSSR count). The van der Waals surface area contributed by atoms with Crippen molar-refractivity contribution in [1.82, 2.24) is 14.8 Å². The average molecular weight is 266 g/mol. The Morgan fingerprint density at radius 1 is 1.20 bits per heavy atom. The lowest BCUT2D eigenvalue weighted by molar-refractivity contribution is 0.591. The van der Waals surface area contributed by atoms with Gasteiger partial charge in [-0.05, 0) is 37.1 Å². The molecular weight excluding hydrogens is 248 g/mol. The minimum Gasteiger partial charge on any atom is -0.370 e. The van der Waals surface area contributed by atoms with E-state index in [4.69, 9.17) is 0 Å². The van der Waals surface area contributed by atoms with Gasteiger partial charge in [-0.3, -0.25) is 4.68 Å². The normalized spacial score (nSPS) is 10.8. The number of aromatic nitrogens is 3. The molecule has 1 N–H and O–H groups in total. The van der Waals surface area contributed by atoms with Gasteiger partial charge in [0.25, 0.3) is 0 Å². The molecule has 2 heterocycles. The highest BCUT2D eigenvalue weighted by atomic mass is 15.3. The van der Waals surface area contributed by atoms with Crippen LogP contribution in [0.4, 0.5) is 5.82 Å². The van der Waals surface area contributed by atoms with E-state index in [9.17, 15) is 0 Å². The summed E-state index contributed by atoms with van der Waals surface area (Å²) in [7, 11) is 0. The van der Waals surface area contributed by atoms with Crippen LogP contribution in [0.1, 0.15) is 12.0 Å². The van der Waals surface area contributed by atoms with E-state index in [0.717, 1.165) is 30.8 Å². The molecule has 0 aliphatic carbocycles. The molecular formula is C16H18N4. The molecule has 2 aromatic heterocycles. The molecule has 0 amide bonds. The lowest BCUT2D eigenvalue weighted by Gasteiger charge is -2.10. The van der Waals surface area contributed by atoms with Gasteiger partial charge >= 0.3 is 0 Å². The standard InChI is InChI=1S/C16H18N4/c1-13-12-14-6-2-3-7-15(14)19-16(13)17-8-4-10-20-11-5-9-18-20/h2-3,5-7,9,11-12H,4,8,10H2,1H3,(H,17,19). The number of benzene rings is 1. The summed E-state index contributed by atoms with van der Waals surface area (Å²) >= 11 is 0. The Kier molecular flexibility index (Phi) is 3.63. The fraction of sp³-hybridized carbons (Fsp3) is 0.250. The zero-order chi connectivity index (χ0) is 13.8. The number of hydrogen-bond acceptors (Lipinski definition) is 3. The summed E-state index contributed by atoms with van der Waals surface area (Å²) in [6.45, 7) is 3.91. The van der Waals surface area contributed by atoms with Gasteiger partial charge in [-0.2, -0.15) is 5.10 Å². The zero-order valence-electron chi connectivity index (χ0n) is 11.6. The maximum absolute atomic E-state index is 4.68. The number of nitrogens with one attached hydrogen (secondary N) is 1. The van der Waals surface area contributed by atoms with Crippen LogP contribution in [-0.2, 0) is 6.54 Å². The zero-order valence-corrected chi connectivity index (χ0v) is 11.6. The average Bonchev–Trinajstić information content (AvgIpc) is 2.97. The van der Waals surface area contributed by atoms with Crippen LogP contribution in [0.25, 0.3) is 10.9 Å². The molecule has 4 heteroatoms. The molecule has 20 heavy (non-hydrogen) atoms. The summed E-state index contributed by atoms with van der Waals surface area (Å²) in [6.07, 6.45) is 4.82. The number of pyridine rings is 1. The predicted octanol–water partition coefficient (Wildman–Crippen LogP) is 3.24. The molecule has 102 valence electrons. The van der Waals surface area contributed by atoms with Crippen LogP contribution in [0, 0.1) is 6.92 Å². The number of aryl methyl sites for hydroxylation is 2. The SMILES string of the molecule is Cc1cc2ccccc2nc1NCCCn1cccn1. The summed E-state index contributed by atoms with van der Waals surface area (Å²) in [5, 5.41) is 8.79. The minimum absolute atomic E-state index is 0.895. The van der Waals surface area contributed by atoms with Gasteiger partial charge < -0.3 is 5.32 Å². The highest BCUT2D eigenvalue weighted by molar-refractivity contribution is 5.81. The van der Waals surface area contributed by atoms with Gasteiger partial charge in [0.15, 0.2) is 0 Å². The van der Waals surface area contributed by atoms with E-state index in [1.54, 1.807) is 0 Å². The quantitative estimate of drug-likeness (QED) is 0.721. The Morgan fingerprint density at radius 3 is 2.95 bits per heavy atom. The largest absolute Gasteiger partial charge is 0.370 e. The van der Waals surface area contributed by atoms with E-state index in [1.807, 2.05) is 41.3 Å². The molecule has 1 aromatic carbocycles. The maximum Gasteiger partial charge on any atom is 0.129 e. The van der Waals surface area contributed by atoms with Crippen molar-refractivity contribution in [2.75, 3.05) is 11.9 Å². The van der Waals surface area contributed by atoms with Crippen LogP contribution in [0.3, 0.4) is 0 Å². The molecule has 0 aliphatic heterocycles. The van der Waals surface area contributed by atoms with Crippen molar-refractivity contribution in [2.45, 2.75) is 19.9 Å². The summed E-state index contributed by atoms with van der Waals surface area (Å²) in [4.78, 5) is 4.68. The number of fused-ring (bicyclic) bond motifs is 1. The molecule has 0 saturated heterocycles. The van der Waals surface area contributed by atoms with E-state index >= 15 is 0 Å². The van der Waals surface area contributed by atoms with Gasteiger partial charge in [0.1, 0.15) is 5.82 Å². The van der Waals surface area contributed by atoms with Crippen molar-refractivity contribution in [2.24, 2.45) is 0 Å².